The molecule has 2 rings (SSSR count). The number of nitrogens with one attached hydrogen (secondary N) is 1. The minimum absolute atomic E-state index is 0.208. The van der Waals surface area contributed by atoms with E-state index >= 15 is 0 Å². The average molecular weight is 320 g/mol. The van der Waals surface area contributed by atoms with Crippen molar-refractivity contribution in [1.29, 1.82) is 0 Å². The van der Waals surface area contributed by atoms with Gasteiger partial charge in [0, 0.05) is 12.2 Å². The number of hydrogen-bond acceptors (Lipinski definition) is 2. The first-order chi connectivity index (χ1) is 9.59. The third-order valence-electron chi connectivity index (χ3n) is 3.32. The summed E-state index contributed by atoms with van der Waals surface area (Å²) in [4.78, 5) is 3.49. The Labute approximate surface area is 124 Å². The molecule has 0 radical (unpaired) electrons. The number of nitrogens with zero attached hydrogens (tertiary/aromatic N) is 1. The maximum Gasteiger partial charge on any atom is 0.433 e. The molecule has 7 heteroatoms. The van der Waals surface area contributed by atoms with Gasteiger partial charge in [0.15, 0.2) is 0 Å². The van der Waals surface area contributed by atoms with Gasteiger partial charge in [0.2, 0.25) is 0 Å². The molecule has 118 valence electrons. The molecule has 1 heterocycles. The molecule has 1 fully saturated rings. The van der Waals surface area contributed by atoms with Gasteiger partial charge < -0.3 is 0 Å². The van der Waals surface area contributed by atoms with Crippen LogP contribution < -0.4 is 4.72 Å². The van der Waals surface area contributed by atoms with Crippen molar-refractivity contribution in [3.63, 3.8) is 0 Å². The quantitative estimate of drug-likeness (QED) is 0.921. The summed E-state index contributed by atoms with van der Waals surface area (Å²) in [5, 5.41) is 0. The van der Waals surface area contributed by atoms with Crippen molar-refractivity contribution in [2.45, 2.75) is 50.6 Å². The van der Waals surface area contributed by atoms with Crippen LogP contribution in [0.2, 0.25) is 0 Å². The van der Waals surface area contributed by atoms with Gasteiger partial charge in [0.1, 0.15) is 5.69 Å². The third-order valence-corrected chi connectivity index (χ3v) is 4.90. The summed E-state index contributed by atoms with van der Waals surface area (Å²) in [5.41, 5.74) is -0.249. The van der Waals surface area contributed by atoms with E-state index in [2.05, 4.69) is 9.71 Å². The molecule has 21 heavy (non-hydrogen) atoms. The van der Waals surface area contributed by atoms with Crippen LogP contribution in [0.15, 0.2) is 18.3 Å². The third kappa shape index (κ3) is 4.26. The predicted octanol–water partition coefficient (Wildman–Crippen LogP) is 3.60. The molecule has 1 aromatic rings. The van der Waals surface area contributed by atoms with E-state index < -0.39 is 27.6 Å². The van der Waals surface area contributed by atoms with E-state index in [1.165, 1.54) is 12.3 Å². The van der Waals surface area contributed by atoms with E-state index in [0.717, 1.165) is 18.9 Å². The van der Waals surface area contributed by atoms with E-state index in [9.17, 15) is 17.4 Å². The van der Waals surface area contributed by atoms with Crippen LogP contribution in [0.5, 0.6) is 0 Å². The SMILES string of the molecule is CC(C)(C)S(=O)N[C@@H](c1ccc(C(F)(F)F)nc1)C1CC1. The Hall–Kier alpha value is -0.950. The highest BCUT2D eigenvalue weighted by Crippen LogP contribution is 2.41. The molecule has 1 N–H and O–H groups in total. The summed E-state index contributed by atoms with van der Waals surface area (Å²) < 4.78 is 52.4. The molecule has 1 aromatic heterocycles. The van der Waals surface area contributed by atoms with Gasteiger partial charge in [-0.05, 0) is 51.2 Å². The largest absolute Gasteiger partial charge is 0.433 e. The fraction of sp³-hybridized carbons (Fsp3) is 0.643. The van der Waals surface area contributed by atoms with Gasteiger partial charge in [-0.3, -0.25) is 4.98 Å². The van der Waals surface area contributed by atoms with Gasteiger partial charge in [0.25, 0.3) is 0 Å². The van der Waals surface area contributed by atoms with E-state index in [1.54, 1.807) is 0 Å². The van der Waals surface area contributed by atoms with Gasteiger partial charge >= 0.3 is 6.18 Å². The molecule has 1 aliphatic rings. The van der Waals surface area contributed by atoms with Crippen LogP contribution >= 0.6 is 0 Å². The number of alkyl halides is 3. The Balaban J connectivity index is 2.18. The summed E-state index contributed by atoms with van der Waals surface area (Å²) in [6.45, 7) is 5.56. The zero-order valence-electron chi connectivity index (χ0n) is 12.2. The molecule has 2 atom stereocenters. The maximum atomic E-state index is 12.5. The molecule has 0 bridgehead atoms. The molecule has 0 saturated heterocycles. The fourth-order valence-corrected chi connectivity index (χ4v) is 2.83. The Morgan fingerprint density at radius 1 is 1.29 bits per heavy atom. The standard InChI is InChI=1S/C14H19F3N2OS/c1-13(2,3)21(20)19-12(9-4-5-9)10-6-7-11(18-8-10)14(15,16)17/h6-9,12,19H,4-5H2,1-3H3/t12-,21?/m1/s1. The maximum absolute atomic E-state index is 12.5. The highest BCUT2D eigenvalue weighted by Gasteiger charge is 2.37. The molecule has 1 saturated carbocycles. The Kier molecular flexibility index (Phi) is 4.44. The number of pyridine rings is 1. The molecule has 1 aliphatic carbocycles. The van der Waals surface area contributed by atoms with Crippen molar-refractivity contribution in [2.24, 2.45) is 5.92 Å². The molecular formula is C14H19F3N2OS. The summed E-state index contributed by atoms with van der Waals surface area (Å²) in [7, 11) is -1.27. The van der Waals surface area contributed by atoms with Gasteiger partial charge in [-0.1, -0.05) is 6.07 Å². The van der Waals surface area contributed by atoms with Crippen molar-refractivity contribution >= 4 is 11.0 Å². The van der Waals surface area contributed by atoms with E-state index in [0.29, 0.717) is 11.5 Å². The zero-order chi connectivity index (χ0) is 15.8. The van der Waals surface area contributed by atoms with Crippen LogP contribution in [0.4, 0.5) is 13.2 Å². The highest BCUT2D eigenvalue weighted by atomic mass is 32.2. The molecule has 3 nitrogen and oxygen atoms in total. The van der Waals surface area contributed by atoms with Gasteiger partial charge in [-0.2, -0.15) is 13.2 Å². The molecule has 0 spiro atoms. The van der Waals surface area contributed by atoms with E-state index in [1.807, 2.05) is 20.8 Å². The van der Waals surface area contributed by atoms with E-state index in [4.69, 9.17) is 0 Å². The van der Waals surface area contributed by atoms with Crippen molar-refractivity contribution in [3.05, 3.63) is 29.6 Å². The van der Waals surface area contributed by atoms with Crippen LogP contribution in [0.25, 0.3) is 0 Å². The molecule has 0 aromatic carbocycles. The van der Waals surface area contributed by atoms with Crippen molar-refractivity contribution in [1.82, 2.24) is 9.71 Å². The van der Waals surface area contributed by atoms with Crippen LogP contribution in [0, 0.1) is 5.92 Å². The van der Waals surface area contributed by atoms with Crippen LogP contribution in [-0.4, -0.2) is 13.9 Å². The summed E-state index contributed by atoms with van der Waals surface area (Å²) in [6, 6.07) is 2.19. The summed E-state index contributed by atoms with van der Waals surface area (Å²) in [5.74, 6) is 0.315. The second-order valence-corrected chi connectivity index (χ2v) is 8.29. The Morgan fingerprint density at radius 3 is 2.29 bits per heavy atom. The molecule has 0 amide bonds. The predicted molar refractivity (Wildman–Crippen MR) is 75.7 cm³/mol. The summed E-state index contributed by atoms with van der Waals surface area (Å²) >= 11 is 0. The lowest BCUT2D eigenvalue weighted by atomic mass is 10.1. The second-order valence-electron chi connectivity index (χ2n) is 6.29. The van der Waals surface area contributed by atoms with Crippen molar-refractivity contribution < 1.29 is 17.4 Å². The van der Waals surface area contributed by atoms with Crippen molar-refractivity contribution in [3.8, 4) is 0 Å². The monoisotopic (exact) mass is 320 g/mol. The number of halogens is 3. The lowest BCUT2D eigenvalue weighted by Gasteiger charge is -2.24. The summed E-state index contributed by atoms with van der Waals surface area (Å²) in [6.07, 6.45) is -1.23. The number of aromatic nitrogens is 1. The minimum atomic E-state index is -4.44. The normalized spacial score (nSPS) is 19.3. The van der Waals surface area contributed by atoms with Gasteiger partial charge in [-0.25, -0.2) is 8.93 Å². The Bertz CT molecular complexity index is 519. The van der Waals surface area contributed by atoms with E-state index in [-0.39, 0.29) is 6.04 Å². The van der Waals surface area contributed by atoms with Gasteiger partial charge in [0.05, 0.1) is 15.7 Å². The van der Waals surface area contributed by atoms with Gasteiger partial charge in [-0.15, -0.1) is 0 Å². The number of rotatable bonds is 4. The second kappa shape index (κ2) is 5.68. The first-order valence-electron chi connectivity index (χ1n) is 6.80. The van der Waals surface area contributed by atoms with Crippen LogP contribution in [0.3, 0.4) is 0 Å². The van der Waals surface area contributed by atoms with Crippen molar-refractivity contribution in [2.75, 3.05) is 0 Å². The first-order valence-corrected chi connectivity index (χ1v) is 7.95. The smallest absolute Gasteiger partial charge is 0.251 e. The van der Waals surface area contributed by atoms with Crippen LogP contribution in [0.1, 0.15) is 50.9 Å². The lowest BCUT2D eigenvalue weighted by Crippen LogP contribution is -2.36. The minimum Gasteiger partial charge on any atom is -0.251 e. The molecular weight excluding hydrogens is 301 g/mol. The highest BCUT2D eigenvalue weighted by molar-refractivity contribution is 7.84. The van der Waals surface area contributed by atoms with Crippen LogP contribution in [-0.2, 0) is 17.2 Å². The number of hydrogen-bond donors (Lipinski definition) is 1. The first kappa shape index (κ1) is 16.4. The topological polar surface area (TPSA) is 42.0 Å². The lowest BCUT2D eigenvalue weighted by molar-refractivity contribution is -0.141. The fourth-order valence-electron chi connectivity index (χ4n) is 1.92. The molecule has 1 unspecified atom stereocenters. The Morgan fingerprint density at radius 2 is 1.90 bits per heavy atom. The zero-order valence-corrected chi connectivity index (χ0v) is 13.0. The molecule has 0 aliphatic heterocycles. The average Bonchev–Trinajstić information content (AvgIpc) is 3.17.